The van der Waals surface area contributed by atoms with Crippen LogP contribution in [-0.2, 0) is 0 Å². The molecule has 2 aromatic rings. The van der Waals surface area contributed by atoms with Crippen molar-refractivity contribution in [2.75, 3.05) is 51.3 Å². The van der Waals surface area contributed by atoms with Crippen molar-refractivity contribution in [2.45, 2.75) is 34.1 Å². The second-order valence-electron chi connectivity index (χ2n) is 7.90. The summed E-state index contributed by atoms with van der Waals surface area (Å²) < 4.78 is 5.32. The summed E-state index contributed by atoms with van der Waals surface area (Å²) in [5.74, 6) is 0.807. The van der Waals surface area contributed by atoms with Crippen LogP contribution in [0.5, 0.6) is 5.75 Å². The van der Waals surface area contributed by atoms with E-state index in [1.165, 1.54) is 23.9 Å². The number of nitrogens with one attached hydrogen (secondary N) is 1. The minimum atomic E-state index is -0.208. The van der Waals surface area contributed by atoms with E-state index in [0.29, 0.717) is 29.5 Å². The number of hydrogen-bond donors (Lipinski definition) is 1. The lowest BCUT2D eigenvalue weighted by Crippen LogP contribution is -2.47. The predicted molar refractivity (Wildman–Crippen MR) is 127 cm³/mol. The lowest BCUT2D eigenvalue weighted by atomic mass is 10.1. The summed E-state index contributed by atoms with van der Waals surface area (Å²) in [5.41, 5.74) is 5.06. The maximum Gasteiger partial charge on any atom is 0.273 e. The Hall–Kier alpha value is -2.38. The van der Waals surface area contributed by atoms with Gasteiger partial charge >= 0.3 is 0 Å². The van der Waals surface area contributed by atoms with Gasteiger partial charge in [0.15, 0.2) is 11.4 Å². The molecule has 1 amide bonds. The highest BCUT2D eigenvalue weighted by atomic mass is 35.5. The smallest absolute Gasteiger partial charge is 0.273 e. The van der Waals surface area contributed by atoms with Gasteiger partial charge in [0.25, 0.3) is 5.91 Å². The number of methoxy groups -OCH3 is 1. The van der Waals surface area contributed by atoms with Crippen LogP contribution in [0, 0.1) is 27.7 Å². The Morgan fingerprint density at radius 1 is 1.10 bits per heavy atom. The molecule has 3 rings (SSSR count). The van der Waals surface area contributed by atoms with E-state index in [-0.39, 0.29) is 18.3 Å². The number of carbonyl (C=O) groups is 1. The maximum atomic E-state index is 12.5. The zero-order chi connectivity index (χ0) is 21.7. The third kappa shape index (κ3) is 6.08. The first kappa shape index (κ1) is 24.9. The number of halogens is 1. The number of benzene rings is 1. The standard InChI is InChI=1S/C23H33N5O2.ClH/c1-16-8-6-9-20(17(16)2)28-14-12-27(13-15-28)11-7-10-24-23(29)21-22(30-5)18(3)25-19(4)26-21;/h6,8-9H,7,10-15H2,1-5H3,(H,24,29);1H. The van der Waals surface area contributed by atoms with Crippen molar-refractivity contribution < 1.29 is 9.53 Å². The average molecular weight is 448 g/mol. The van der Waals surface area contributed by atoms with E-state index < -0.39 is 0 Å². The van der Waals surface area contributed by atoms with Gasteiger partial charge in [0.2, 0.25) is 0 Å². The third-order valence-electron chi connectivity index (χ3n) is 5.79. The lowest BCUT2D eigenvalue weighted by Gasteiger charge is -2.37. The van der Waals surface area contributed by atoms with Gasteiger partial charge in [-0.2, -0.15) is 0 Å². The second-order valence-corrected chi connectivity index (χ2v) is 7.90. The number of ether oxygens (including phenoxy) is 1. The zero-order valence-corrected chi connectivity index (χ0v) is 20.0. The zero-order valence-electron chi connectivity index (χ0n) is 19.2. The van der Waals surface area contributed by atoms with Crippen LogP contribution in [0.1, 0.15) is 39.6 Å². The molecule has 0 unspecified atom stereocenters. The Bertz CT molecular complexity index is 898. The fourth-order valence-electron chi connectivity index (χ4n) is 3.98. The Labute approximate surface area is 191 Å². The van der Waals surface area contributed by atoms with Gasteiger partial charge in [-0.1, -0.05) is 12.1 Å². The molecule has 1 saturated heterocycles. The molecule has 0 aliphatic carbocycles. The highest BCUT2D eigenvalue weighted by Crippen LogP contribution is 2.24. The molecule has 0 saturated carbocycles. The molecule has 7 nitrogen and oxygen atoms in total. The number of anilines is 1. The van der Waals surface area contributed by atoms with Crippen LogP contribution in [-0.4, -0.2) is 67.2 Å². The van der Waals surface area contributed by atoms with Crippen molar-refractivity contribution in [1.82, 2.24) is 20.2 Å². The monoisotopic (exact) mass is 447 g/mol. The molecular weight excluding hydrogens is 414 g/mol. The first-order chi connectivity index (χ1) is 14.4. The summed E-state index contributed by atoms with van der Waals surface area (Å²) in [6.45, 7) is 13.7. The molecule has 1 aromatic carbocycles. The van der Waals surface area contributed by atoms with Crippen LogP contribution in [0.4, 0.5) is 5.69 Å². The average Bonchev–Trinajstić information content (AvgIpc) is 2.73. The number of carbonyl (C=O) groups excluding carboxylic acids is 1. The van der Waals surface area contributed by atoms with Crippen LogP contribution in [0.2, 0.25) is 0 Å². The molecule has 170 valence electrons. The van der Waals surface area contributed by atoms with E-state index in [0.717, 1.165) is 39.1 Å². The number of aromatic nitrogens is 2. The minimum absolute atomic E-state index is 0. The minimum Gasteiger partial charge on any atom is -0.492 e. The Balaban J connectivity index is 0.00000341. The van der Waals surface area contributed by atoms with Crippen LogP contribution in [0.25, 0.3) is 0 Å². The molecule has 1 aliphatic heterocycles. The number of aryl methyl sites for hydroxylation is 3. The normalized spacial score (nSPS) is 14.2. The molecule has 31 heavy (non-hydrogen) atoms. The molecule has 0 bridgehead atoms. The summed E-state index contributed by atoms with van der Waals surface area (Å²) >= 11 is 0. The second kappa shape index (κ2) is 11.3. The van der Waals surface area contributed by atoms with E-state index in [1.54, 1.807) is 6.92 Å². The molecule has 0 atom stereocenters. The summed E-state index contributed by atoms with van der Waals surface area (Å²) in [7, 11) is 1.54. The summed E-state index contributed by atoms with van der Waals surface area (Å²) in [6.07, 6.45) is 0.903. The molecule has 0 radical (unpaired) electrons. The maximum absolute atomic E-state index is 12.5. The SMILES string of the molecule is COc1c(C)nc(C)nc1C(=O)NCCCN1CCN(c2cccc(C)c2C)CC1.Cl. The van der Waals surface area contributed by atoms with E-state index in [9.17, 15) is 4.79 Å². The number of piperazine rings is 1. The fourth-order valence-corrected chi connectivity index (χ4v) is 3.98. The fraction of sp³-hybridized carbons (Fsp3) is 0.522. The molecular formula is C23H34ClN5O2. The molecule has 1 aromatic heterocycles. The Kier molecular flexibility index (Phi) is 9.07. The first-order valence-corrected chi connectivity index (χ1v) is 10.6. The van der Waals surface area contributed by atoms with Gasteiger partial charge in [0.05, 0.1) is 12.8 Å². The van der Waals surface area contributed by atoms with Crippen LogP contribution in [0.15, 0.2) is 18.2 Å². The van der Waals surface area contributed by atoms with Crippen LogP contribution >= 0.6 is 12.4 Å². The van der Waals surface area contributed by atoms with Crippen molar-refractivity contribution in [3.8, 4) is 5.75 Å². The van der Waals surface area contributed by atoms with Crippen molar-refractivity contribution in [3.05, 3.63) is 46.5 Å². The first-order valence-electron chi connectivity index (χ1n) is 10.6. The number of nitrogens with zero attached hydrogens (tertiary/aromatic N) is 4. The van der Waals surface area contributed by atoms with Gasteiger partial charge in [0, 0.05) is 38.4 Å². The summed E-state index contributed by atoms with van der Waals surface area (Å²) in [5, 5.41) is 2.97. The van der Waals surface area contributed by atoms with Gasteiger partial charge in [-0.15, -0.1) is 12.4 Å². The van der Waals surface area contributed by atoms with Gasteiger partial charge in [-0.25, -0.2) is 9.97 Å². The van der Waals surface area contributed by atoms with Crippen molar-refractivity contribution >= 4 is 24.0 Å². The topological polar surface area (TPSA) is 70.6 Å². The van der Waals surface area contributed by atoms with Crippen molar-refractivity contribution in [2.24, 2.45) is 0 Å². The van der Waals surface area contributed by atoms with Crippen molar-refractivity contribution in [1.29, 1.82) is 0 Å². The molecule has 2 heterocycles. The van der Waals surface area contributed by atoms with E-state index in [1.807, 2.05) is 6.92 Å². The molecule has 8 heteroatoms. The van der Waals surface area contributed by atoms with Crippen LogP contribution < -0.4 is 15.0 Å². The molecule has 0 spiro atoms. The predicted octanol–water partition coefficient (Wildman–Crippen LogP) is 3.08. The summed E-state index contributed by atoms with van der Waals surface area (Å²) in [4.78, 5) is 26.0. The van der Waals surface area contributed by atoms with Crippen molar-refractivity contribution in [3.63, 3.8) is 0 Å². The molecule has 1 aliphatic rings. The van der Waals surface area contributed by atoms with E-state index in [2.05, 4.69) is 57.1 Å². The van der Waals surface area contributed by atoms with E-state index in [4.69, 9.17) is 4.74 Å². The molecule has 1 fully saturated rings. The van der Waals surface area contributed by atoms with Gasteiger partial charge in [-0.3, -0.25) is 9.69 Å². The Morgan fingerprint density at radius 2 is 1.81 bits per heavy atom. The number of rotatable bonds is 7. The number of amides is 1. The largest absolute Gasteiger partial charge is 0.492 e. The lowest BCUT2D eigenvalue weighted by molar-refractivity contribution is 0.0942. The molecule has 1 N–H and O–H groups in total. The van der Waals surface area contributed by atoms with Gasteiger partial charge in [0.1, 0.15) is 5.82 Å². The highest BCUT2D eigenvalue weighted by molar-refractivity contribution is 5.95. The van der Waals surface area contributed by atoms with Crippen LogP contribution in [0.3, 0.4) is 0 Å². The van der Waals surface area contributed by atoms with Gasteiger partial charge in [-0.05, 0) is 57.9 Å². The Morgan fingerprint density at radius 3 is 2.48 bits per heavy atom. The highest BCUT2D eigenvalue weighted by Gasteiger charge is 2.20. The quantitative estimate of drug-likeness (QED) is 0.658. The van der Waals surface area contributed by atoms with E-state index >= 15 is 0 Å². The summed E-state index contributed by atoms with van der Waals surface area (Å²) in [6, 6.07) is 6.53. The number of hydrogen-bond acceptors (Lipinski definition) is 6. The third-order valence-corrected chi connectivity index (χ3v) is 5.79. The van der Waals surface area contributed by atoms with Gasteiger partial charge < -0.3 is 15.0 Å².